The Hall–Kier alpha value is -4.37. The Kier molecular flexibility index (Phi) is 6.77. The van der Waals surface area contributed by atoms with Gasteiger partial charge < -0.3 is 19.3 Å². The zero-order valence-electron chi connectivity index (χ0n) is 21.3. The first-order valence-corrected chi connectivity index (χ1v) is 12.8. The number of nitrogens with zero attached hydrogens (tertiary/aromatic N) is 2. The Labute approximate surface area is 222 Å². The van der Waals surface area contributed by atoms with E-state index in [1.165, 1.54) is 29.1 Å². The van der Waals surface area contributed by atoms with Crippen LogP contribution < -0.4 is 24.4 Å². The minimum absolute atomic E-state index is 0.00358. The number of fused-ring (bicyclic) bond motifs is 2. The number of allylic oxidation sites excluding steroid dienone is 1. The van der Waals surface area contributed by atoms with Crippen molar-refractivity contribution in [3.63, 3.8) is 0 Å². The second kappa shape index (κ2) is 10.2. The molecule has 194 valence electrons. The molecular formula is C29H26N2O6S. The Morgan fingerprint density at radius 3 is 2.61 bits per heavy atom. The van der Waals surface area contributed by atoms with E-state index in [9.17, 15) is 14.7 Å². The van der Waals surface area contributed by atoms with Crippen molar-refractivity contribution in [3.05, 3.63) is 96.7 Å². The van der Waals surface area contributed by atoms with E-state index in [-0.39, 0.29) is 23.5 Å². The third kappa shape index (κ3) is 4.24. The van der Waals surface area contributed by atoms with Gasteiger partial charge in [-0.15, -0.1) is 0 Å². The van der Waals surface area contributed by atoms with Gasteiger partial charge in [-0.2, -0.15) is 0 Å². The lowest BCUT2D eigenvalue weighted by molar-refractivity contribution is -0.139. The van der Waals surface area contributed by atoms with Gasteiger partial charge in [0.1, 0.15) is 11.8 Å². The minimum atomic E-state index is -0.817. The van der Waals surface area contributed by atoms with Gasteiger partial charge in [-0.05, 0) is 54.5 Å². The molecule has 0 unspecified atom stereocenters. The van der Waals surface area contributed by atoms with Crippen LogP contribution in [0.25, 0.3) is 16.8 Å². The van der Waals surface area contributed by atoms with Crippen molar-refractivity contribution in [1.29, 1.82) is 0 Å². The van der Waals surface area contributed by atoms with Gasteiger partial charge in [0.2, 0.25) is 0 Å². The highest BCUT2D eigenvalue weighted by Crippen LogP contribution is 2.40. The topological polar surface area (TPSA) is 99.4 Å². The number of hydrogen-bond donors (Lipinski definition) is 1. The first-order chi connectivity index (χ1) is 18.4. The number of ether oxygens (including phenoxy) is 3. The zero-order valence-corrected chi connectivity index (χ0v) is 22.2. The number of benzene rings is 3. The highest BCUT2D eigenvalue weighted by molar-refractivity contribution is 7.07. The number of esters is 1. The van der Waals surface area contributed by atoms with Gasteiger partial charge in [-0.25, -0.2) is 9.79 Å². The van der Waals surface area contributed by atoms with Crippen LogP contribution in [-0.2, 0) is 9.53 Å². The summed E-state index contributed by atoms with van der Waals surface area (Å²) in [5.41, 5.74) is 1.80. The van der Waals surface area contributed by atoms with Crippen molar-refractivity contribution < 1.29 is 24.1 Å². The molecule has 1 aromatic heterocycles. The van der Waals surface area contributed by atoms with Crippen LogP contribution in [0, 0.1) is 0 Å². The molecule has 8 nitrogen and oxygen atoms in total. The van der Waals surface area contributed by atoms with Crippen molar-refractivity contribution in [1.82, 2.24) is 4.57 Å². The van der Waals surface area contributed by atoms with Gasteiger partial charge in [-0.1, -0.05) is 47.7 Å². The van der Waals surface area contributed by atoms with Crippen LogP contribution in [0.1, 0.15) is 31.0 Å². The summed E-state index contributed by atoms with van der Waals surface area (Å²) in [4.78, 5) is 32.4. The van der Waals surface area contributed by atoms with Gasteiger partial charge in [0.25, 0.3) is 5.56 Å². The third-order valence-electron chi connectivity index (χ3n) is 6.44. The van der Waals surface area contributed by atoms with Crippen LogP contribution in [0.15, 0.2) is 75.7 Å². The maximum atomic E-state index is 14.0. The van der Waals surface area contributed by atoms with Gasteiger partial charge >= 0.3 is 5.97 Å². The fourth-order valence-electron chi connectivity index (χ4n) is 4.74. The number of phenols is 1. The summed E-state index contributed by atoms with van der Waals surface area (Å²) in [5.74, 6) is 0.309. The molecule has 0 amide bonds. The zero-order chi connectivity index (χ0) is 27.0. The predicted molar refractivity (Wildman–Crippen MR) is 146 cm³/mol. The molecule has 1 atom stereocenters. The van der Waals surface area contributed by atoms with E-state index in [0.29, 0.717) is 37.7 Å². The number of methoxy groups -OCH3 is 2. The maximum absolute atomic E-state index is 14.0. The monoisotopic (exact) mass is 530 g/mol. The van der Waals surface area contributed by atoms with Crippen molar-refractivity contribution >= 4 is 34.2 Å². The summed E-state index contributed by atoms with van der Waals surface area (Å²) in [6, 6.07) is 15.6. The molecule has 2 heterocycles. The highest BCUT2D eigenvalue weighted by Gasteiger charge is 2.36. The SMILES string of the molecule is CCOC(=O)C1=C(C)N=c2s/c(=C/c3ccc(O)c(OC)c3)c(=O)n2[C@@H]1c1c(OC)ccc2ccccc12. The number of rotatable bonds is 6. The van der Waals surface area contributed by atoms with Gasteiger partial charge in [-0.3, -0.25) is 9.36 Å². The number of carbonyl (C=O) groups excluding carboxylic acids is 1. The van der Waals surface area contributed by atoms with Crippen molar-refractivity contribution in [3.8, 4) is 17.2 Å². The number of hydrogen-bond acceptors (Lipinski definition) is 8. The molecule has 38 heavy (non-hydrogen) atoms. The average molecular weight is 531 g/mol. The largest absolute Gasteiger partial charge is 0.504 e. The Bertz CT molecular complexity index is 1780. The van der Waals surface area contributed by atoms with Crippen LogP contribution in [0.5, 0.6) is 17.2 Å². The standard InChI is InChI=1S/C29H26N2O6S/c1-5-37-28(34)24-16(2)30-29-31(26(24)25-19-9-7-6-8-18(19)11-13-21(25)35-3)27(33)23(38-29)15-17-10-12-20(32)22(14-17)36-4/h6-15,26,32H,5H2,1-4H3/b23-15+/t26-/m0/s1. The summed E-state index contributed by atoms with van der Waals surface area (Å²) < 4.78 is 18.4. The van der Waals surface area contributed by atoms with E-state index in [2.05, 4.69) is 4.99 Å². The molecule has 1 aliphatic heterocycles. The molecule has 3 aromatic carbocycles. The normalized spacial score (nSPS) is 15.3. The van der Waals surface area contributed by atoms with Crippen molar-refractivity contribution in [2.45, 2.75) is 19.9 Å². The third-order valence-corrected chi connectivity index (χ3v) is 7.43. The predicted octanol–water partition coefficient (Wildman–Crippen LogP) is 3.67. The fourth-order valence-corrected chi connectivity index (χ4v) is 5.78. The molecule has 4 aromatic rings. The van der Waals surface area contributed by atoms with Crippen LogP contribution in [-0.4, -0.2) is 36.5 Å². The Morgan fingerprint density at radius 1 is 1.11 bits per heavy atom. The number of carbonyl (C=O) groups is 1. The van der Waals surface area contributed by atoms with Gasteiger partial charge in [0.15, 0.2) is 16.3 Å². The summed E-state index contributed by atoms with van der Waals surface area (Å²) in [6.45, 7) is 3.67. The molecule has 9 heteroatoms. The van der Waals surface area contributed by atoms with Crippen LogP contribution in [0.4, 0.5) is 0 Å². The van der Waals surface area contributed by atoms with Crippen molar-refractivity contribution in [2.24, 2.45) is 4.99 Å². The lowest BCUT2D eigenvalue weighted by Gasteiger charge is -2.27. The summed E-state index contributed by atoms with van der Waals surface area (Å²) >= 11 is 1.22. The molecule has 0 bridgehead atoms. The first kappa shape index (κ1) is 25.3. The van der Waals surface area contributed by atoms with Crippen LogP contribution >= 0.6 is 11.3 Å². The average Bonchev–Trinajstić information content (AvgIpc) is 3.22. The Morgan fingerprint density at radius 2 is 1.87 bits per heavy atom. The lowest BCUT2D eigenvalue weighted by atomic mass is 9.90. The minimum Gasteiger partial charge on any atom is -0.504 e. The highest BCUT2D eigenvalue weighted by atomic mass is 32.1. The molecule has 1 aliphatic rings. The number of phenolic OH excluding ortho intramolecular Hbond substituents is 1. The molecule has 0 saturated carbocycles. The fraction of sp³-hybridized carbons (Fsp3) is 0.207. The second-order valence-corrected chi connectivity index (χ2v) is 9.65. The van der Waals surface area contributed by atoms with E-state index >= 15 is 0 Å². The van der Waals surface area contributed by atoms with Gasteiger partial charge in [0, 0.05) is 5.56 Å². The number of aromatic hydroxyl groups is 1. The van der Waals surface area contributed by atoms with E-state index < -0.39 is 12.0 Å². The summed E-state index contributed by atoms with van der Waals surface area (Å²) in [6.07, 6.45) is 1.71. The first-order valence-electron chi connectivity index (χ1n) is 12.0. The molecule has 5 rings (SSSR count). The maximum Gasteiger partial charge on any atom is 0.338 e. The molecule has 0 spiro atoms. The van der Waals surface area contributed by atoms with Crippen LogP contribution in [0.3, 0.4) is 0 Å². The van der Waals surface area contributed by atoms with Gasteiger partial charge in [0.05, 0.1) is 36.6 Å². The Balaban J connectivity index is 1.83. The summed E-state index contributed by atoms with van der Waals surface area (Å²) in [7, 11) is 3.03. The molecule has 0 radical (unpaired) electrons. The molecule has 0 fully saturated rings. The van der Waals surface area contributed by atoms with E-state index in [1.807, 2.05) is 36.4 Å². The quantitative estimate of drug-likeness (QED) is 0.382. The van der Waals surface area contributed by atoms with E-state index in [0.717, 1.165) is 10.8 Å². The molecule has 0 saturated heterocycles. The van der Waals surface area contributed by atoms with E-state index in [4.69, 9.17) is 14.2 Å². The molecule has 0 aliphatic carbocycles. The lowest BCUT2D eigenvalue weighted by Crippen LogP contribution is -2.40. The van der Waals surface area contributed by atoms with Crippen LogP contribution in [0.2, 0.25) is 0 Å². The second-order valence-electron chi connectivity index (χ2n) is 8.64. The van der Waals surface area contributed by atoms with E-state index in [1.54, 1.807) is 39.2 Å². The molecule has 1 N–H and O–H groups in total. The smallest absolute Gasteiger partial charge is 0.338 e. The number of thiazole rings is 1. The summed E-state index contributed by atoms with van der Waals surface area (Å²) in [5, 5.41) is 11.8. The molecular weight excluding hydrogens is 504 g/mol. The number of aromatic nitrogens is 1. The van der Waals surface area contributed by atoms with Crippen molar-refractivity contribution in [2.75, 3.05) is 20.8 Å².